The van der Waals surface area contributed by atoms with Gasteiger partial charge in [0.1, 0.15) is 12.4 Å². The van der Waals surface area contributed by atoms with E-state index in [1.165, 1.54) is 0 Å². The predicted molar refractivity (Wildman–Crippen MR) is 99.8 cm³/mol. The summed E-state index contributed by atoms with van der Waals surface area (Å²) in [6.07, 6.45) is 0. The van der Waals surface area contributed by atoms with Crippen molar-refractivity contribution in [3.05, 3.63) is 77.6 Å². The maximum atomic E-state index is 13.0. The molecule has 3 aromatic rings. The zero-order chi connectivity index (χ0) is 20.1. The molecular formula is C20H17N3O5. The topological polar surface area (TPSA) is 124 Å². The Kier molecular flexibility index (Phi) is 5.50. The van der Waals surface area contributed by atoms with E-state index in [2.05, 4.69) is 9.97 Å². The maximum absolute atomic E-state index is 13.0. The Balaban J connectivity index is 1.98. The molecule has 0 saturated heterocycles. The minimum atomic E-state index is -1.35. The molecule has 0 radical (unpaired) electrons. The number of H-pyrrole nitrogens is 1. The van der Waals surface area contributed by atoms with E-state index in [0.717, 1.165) is 4.90 Å². The van der Waals surface area contributed by atoms with Crippen LogP contribution in [0.25, 0.3) is 11.4 Å². The molecule has 1 aromatic heterocycles. The summed E-state index contributed by atoms with van der Waals surface area (Å²) < 4.78 is 0. The summed E-state index contributed by atoms with van der Waals surface area (Å²) in [6.45, 7) is -0.571. The number of benzene rings is 2. The molecule has 0 unspecified atom stereocenters. The third-order valence-corrected chi connectivity index (χ3v) is 4.00. The molecule has 1 heterocycles. The average molecular weight is 379 g/mol. The van der Waals surface area contributed by atoms with Gasteiger partial charge in [0.2, 0.25) is 0 Å². The molecule has 0 saturated carbocycles. The fraction of sp³-hybridized carbons (Fsp3) is 0.100. The molecule has 2 aromatic carbocycles. The highest BCUT2D eigenvalue weighted by molar-refractivity contribution is 6.03. The summed E-state index contributed by atoms with van der Waals surface area (Å²) in [6, 6.07) is 17.6. The van der Waals surface area contributed by atoms with Crippen molar-refractivity contribution in [2.24, 2.45) is 0 Å². The maximum Gasteiger partial charge on any atom is 0.354 e. The molecular weight excluding hydrogens is 362 g/mol. The van der Waals surface area contributed by atoms with Crippen molar-refractivity contribution >= 4 is 17.8 Å². The third-order valence-electron chi connectivity index (χ3n) is 4.00. The Morgan fingerprint density at radius 3 is 2.11 bits per heavy atom. The first-order chi connectivity index (χ1) is 13.5. The summed E-state index contributed by atoms with van der Waals surface area (Å²) in [5, 5.41) is 18.7. The van der Waals surface area contributed by atoms with E-state index in [0.29, 0.717) is 11.1 Å². The van der Waals surface area contributed by atoms with Gasteiger partial charge in [0, 0.05) is 12.1 Å². The van der Waals surface area contributed by atoms with Crippen LogP contribution in [0.2, 0.25) is 0 Å². The Morgan fingerprint density at radius 1 is 0.929 bits per heavy atom. The number of nitrogens with one attached hydrogen (secondary N) is 1. The lowest BCUT2D eigenvalue weighted by Gasteiger charge is -2.20. The van der Waals surface area contributed by atoms with E-state index in [4.69, 9.17) is 0 Å². The van der Waals surface area contributed by atoms with Gasteiger partial charge in [0.15, 0.2) is 11.4 Å². The number of aliphatic carboxylic acids is 1. The first-order valence-electron chi connectivity index (χ1n) is 8.39. The van der Waals surface area contributed by atoms with Crippen LogP contribution >= 0.6 is 0 Å². The number of hydrogen-bond acceptors (Lipinski definition) is 4. The minimum Gasteiger partial charge on any atom is -0.480 e. The van der Waals surface area contributed by atoms with Crippen molar-refractivity contribution in [2.45, 2.75) is 6.54 Å². The summed E-state index contributed by atoms with van der Waals surface area (Å²) in [5.74, 6) is -3.12. The Morgan fingerprint density at radius 2 is 1.54 bits per heavy atom. The van der Waals surface area contributed by atoms with Gasteiger partial charge in [0.05, 0.1) is 0 Å². The number of carboxylic acid groups (broad SMARTS) is 2. The molecule has 142 valence electrons. The molecule has 8 heteroatoms. The van der Waals surface area contributed by atoms with Crippen molar-refractivity contribution in [3.8, 4) is 11.4 Å². The van der Waals surface area contributed by atoms with Crippen LogP contribution in [-0.4, -0.2) is 49.5 Å². The van der Waals surface area contributed by atoms with Crippen LogP contribution in [0, 0.1) is 0 Å². The Hall–Kier alpha value is -3.94. The van der Waals surface area contributed by atoms with Crippen LogP contribution in [0.15, 0.2) is 60.7 Å². The van der Waals surface area contributed by atoms with E-state index in [-0.39, 0.29) is 23.8 Å². The molecule has 0 atom stereocenters. The molecule has 1 amide bonds. The van der Waals surface area contributed by atoms with E-state index in [9.17, 15) is 24.6 Å². The number of aromatic amines is 1. The molecule has 28 heavy (non-hydrogen) atoms. The van der Waals surface area contributed by atoms with Gasteiger partial charge < -0.3 is 20.1 Å². The highest BCUT2D eigenvalue weighted by atomic mass is 16.4. The lowest BCUT2D eigenvalue weighted by atomic mass is 10.2. The summed E-state index contributed by atoms with van der Waals surface area (Å²) in [5.41, 5.74) is 0.612. The number of nitrogens with zero attached hydrogens (tertiary/aromatic N) is 2. The lowest BCUT2D eigenvalue weighted by Crippen LogP contribution is -2.36. The second-order valence-corrected chi connectivity index (χ2v) is 6.02. The molecule has 0 fully saturated rings. The standard InChI is InChI=1S/C20H17N3O5/c24-15(25)12-23(11-13-7-3-1-4-8-13)19(26)16-17(20(27)28)22-18(21-16)14-9-5-2-6-10-14/h1-10H,11-12H2,(H,21,22)(H,24,25)(H,27,28). The first kappa shape index (κ1) is 18.8. The predicted octanol–water partition coefficient (Wildman–Crippen LogP) is 2.50. The van der Waals surface area contributed by atoms with Gasteiger partial charge in [-0.2, -0.15) is 0 Å². The van der Waals surface area contributed by atoms with E-state index in [1.807, 2.05) is 0 Å². The molecule has 0 aliphatic heterocycles. The zero-order valence-electron chi connectivity index (χ0n) is 14.7. The van der Waals surface area contributed by atoms with Crippen LogP contribution < -0.4 is 0 Å². The van der Waals surface area contributed by atoms with Crippen LogP contribution in [0.4, 0.5) is 0 Å². The fourth-order valence-electron chi connectivity index (χ4n) is 2.73. The normalized spacial score (nSPS) is 10.4. The number of carboxylic acids is 2. The molecule has 0 aliphatic rings. The van der Waals surface area contributed by atoms with Crippen LogP contribution in [0.1, 0.15) is 26.5 Å². The van der Waals surface area contributed by atoms with E-state index >= 15 is 0 Å². The Bertz CT molecular complexity index is 999. The zero-order valence-corrected chi connectivity index (χ0v) is 14.7. The van der Waals surface area contributed by atoms with E-state index < -0.39 is 24.4 Å². The van der Waals surface area contributed by atoms with Crippen molar-refractivity contribution < 1.29 is 24.6 Å². The molecule has 8 nitrogen and oxygen atoms in total. The first-order valence-corrected chi connectivity index (χ1v) is 8.39. The molecule has 0 spiro atoms. The van der Waals surface area contributed by atoms with Crippen LogP contribution in [-0.2, 0) is 11.3 Å². The number of carbonyl (C=O) groups excluding carboxylic acids is 1. The van der Waals surface area contributed by atoms with Crippen LogP contribution in [0.5, 0.6) is 0 Å². The van der Waals surface area contributed by atoms with Gasteiger partial charge >= 0.3 is 11.9 Å². The van der Waals surface area contributed by atoms with Crippen molar-refractivity contribution in [1.82, 2.24) is 14.9 Å². The monoisotopic (exact) mass is 379 g/mol. The van der Waals surface area contributed by atoms with Gasteiger partial charge in [-0.25, -0.2) is 9.78 Å². The molecule has 0 bridgehead atoms. The quantitative estimate of drug-likeness (QED) is 0.579. The smallest absolute Gasteiger partial charge is 0.354 e. The van der Waals surface area contributed by atoms with Gasteiger partial charge in [-0.1, -0.05) is 60.7 Å². The second kappa shape index (κ2) is 8.17. The van der Waals surface area contributed by atoms with Gasteiger partial charge in [-0.15, -0.1) is 0 Å². The highest BCUT2D eigenvalue weighted by Gasteiger charge is 2.28. The van der Waals surface area contributed by atoms with E-state index in [1.54, 1.807) is 60.7 Å². The van der Waals surface area contributed by atoms with Gasteiger partial charge in [-0.3, -0.25) is 9.59 Å². The third kappa shape index (κ3) is 4.24. The molecule has 3 N–H and O–H groups in total. The van der Waals surface area contributed by atoms with Gasteiger partial charge in [-0.05, 0) is 5.56 Å². The number of imidazole rings is 1. The highest BCUT2D eigenvalue weighted by Crippen LogP contribution is 2.20. The van der Waals surface area contributed by atoms with Crippen molar-refractivity contribution in [3.63, 3.8) is 0 Å². The van der Waals surface area contributed by atoms with Gasteiger partial charge in [0.25, 0.3) is 5.91 Å². The second-order valence-electron chi connectivity index (χ2n) is 6.02. The summed E-state index contributed by atoms with van der Waals surface area (Å²) >= 11 is 0. The number of hydrogen-bond donors (Lipinski definition) is 3. The number of aromatic carboxylic acids is 1. The van der Waals surface area contributed by atoms with Crippen LogP contribution in [0.3, 0.4) is 0 Å². The lowest BCUT2D eigenvalue weighted by molar-refractivity contribution is -0.137. The summed E-state index contributed by atoms with van der Waals surface area (Å²) in [4.78, 5) is 43.7. The molecule has 3 rings (SSSR count). The summed E-state index contributed by atoms with van der Waals surface area (Å²) in [7, 11) is 0. The number of aromatic nitrogens is 2. The molecule has 0 aliphatic carbocycles. The minimum absolute atomic E-state index is 0.0125. The SMILES string of the molecule is O=C(O)CN(Cc1ccccc1)C(=O)c1nc(-c2ccccc2)[nH]c1C(=O)O. The number of rotatable bonds is 7. The average Bonchev–Trinajstić information content (AvgIpc) is 3.14. The van der Waals surface area contributed by atoms with Crippen molar-refractivity contribution in [1.29, 1.82) is 0 Å². The Labute approximate surface area is 160 Å². The fourth-order valence-corrected chi connectivity index (χ4v) is 2.73. The number of amides is 1. The van der Waals surface area contributed by atoms with Crippen molar-refractivity contribution in [2.75, 3.05) is 6.54 Å². The largest absolute Gasteiger partial charge is 0.480 e. The number of carbonyl (C=O) groups is 3.